The third kappa shape index (κ3) is 2.80. The van der Waals surface area contributed by atoms with E-state index in [2.05, 4.69) is 40.8 Å². The van der Waals surface area contributed by atoms with Crippen LogP contribution in [0.4, 0.5) is 5.69 Å². The van der Waals surface area contributed by atoms with Gasteiger partial charge in [0.15, 0.2) is 0 Å². The predicted molar refractivity (Wildman–Crippen MR) is 75.9 cm³/mol. The minimum absolute atomic E-state index is 0.324. The van der Waals surface area contributed by atoms with Gasteiger partial charge >= 0.3 is 0 Å². The Kier molecular flexibility index (Phi) is 3.64. The second-order valence-electron chi connectivity index (χ2n) is 5.28. The molecule has 1 aliphatic heterocycles. The summed E-state index contributed by atoms with van der Waals surface area (Å²) in [6.07, 6.45) is 4.61. The van der Waals surface area contributed by atoms with Crippen molar-refractivity contribution < 1.29 is 4.74 Å². The fraction of sp³-hybridized carbons (Fsp3) is 0.500. The molecule has 1 aliphatic rings. The molecule has 1 N–H and O–H groups in total. The Bertz CT molecular complexity index is 569. The van der Waals surface area contributed by atoms with E-state index in [4.69, 9.17) is 4.74 Å². The maximum absolute atomic E-state index is 5.80. The Balaban J connectivity index is 1.65. The monoisotopic (exact) mass is 273 g/mol. The maximum Gasteiger partial charge on any atom is 0.143 e. The molecule has 6 heteroatoms. The van der Waals surface area contributed by atoms with Crippen molar-refractivity contribution in [2.45, 2.75) is 38.9 Å². The van der Waals surface area contributed by atoms with Gasteiger partial charge in [0, 0.05) is 12.2 Å². The average molecular weight is 273 g/mol. The van der Waals surface area contributed by atoms with Gasteiger partial charge in [-0.05, 0) is 60.9 Å². The first kappa shape index (κ1) is 13.1. The summed E-state index contributed by atoms with van der Waals surface area (Å²) in [6.45, 7) is 5.04. The number of nitrogens with one attached hydrogen (secondary N) is 1. The molecule has 1 aromatic heterocycles. The molecule has 0 aliphatic carbocycles. The summed E-state index contributed by atoms with van der Waals surface area (Å²) in [7, 11) is 0. The van der Waals surface area contributed by atoms with Gasteiger partial charge in [-0.3, -0.25) is 0 Å². The first-order chi connectivity index (χ1) is 9.72. The summed E-state index contributed by atoms with van der Waals surface area (Å²) in [4.78, 5) is 0. The van der Waals surface area contributed by atoms with Crippen molar-refractivity contribution in [3.05, 3.63) is 30.1 Å². The van der Waals surface area contributed by atoms with Crippen molar-refractivity contribution in [2.24, 2.45) is 0 Å². The van der Waals surface area contributed by atoms with E-state index in [1.54, 1.807) is 11.0 Å². The lowest BCUT2D eigenvalue weighted by Crippen LogP contribution is -2.19. The topological polar surface area (TPSA) is 64.9 Å². The van der Waals surface area contributed by atoms with Crippen LogP contribution in [0.3, 0.4) is 0 Å². The van der Waals surface area contributed by atoms with Crippen LogP contribution in [0.1, 0.15) is 25.3 Å². The van der Waals surface area contributed by atoms with Crippen LogP contribution in [0.5, 0.6) is 0 Å². The molecule has 3 rings (SSSR count). The highest BCUT2D eigenvalue weighted by atomic mass is 16.5. The van der Waals surface area contributed by atoms with Crippen LogP contribution in [0, 0.1) is 6.92 Å². The fourth-order valence-corrected chi connectivity index (χ4v) is 2.56. The van der Waals surface area contributed by atoms with E-state index >= 15 is 0 Å². The Morgan fingerprint density at radius 1 is 1.40 bits per heavy atom. The van der Waals surface area contributed by atoms with Crippen LogP contribution in [0.2, 0.25) is 0 Å². The van der Waals surface area contributed by atoms with Crippen molar-refractivity contribution in [1.29, 1.82) is 0 Å². The normalized spacial score (nSPS) is 22.1. The summed E-state index contributed by atoms with van der Waals surface area (Å²) in [5.41, 5.74) is 3.22. The van der Waals surface area contributed by atoms with Crippen LogP contribution in [-0.2, 0) is 4.74 Å². The lowest BCUT2D eigenvalue weighted by molar-refractivity contribution is 0.0637. The number of benzene rings is 1. The molecule has 1 fully saturated rings. The lowest BCUT2D eigenvalue weighted by Gasteiger charge is -2.14. The zero-order chi connectivity index (χ0) is 13.9. The molecule has 6 nitrogen and oxygen atoms in total. The molecule has 1 aromatic carbocycles. The number of aromatic nitrogens is 4. The second kappa shape index (κ2) is 5.58. The molecule has 20 heavy (non-hydrogen) atoms. The average Bonchev–Trinajstić information content (AvgIpc) is 3.08. The van der Waals surface area contributed by atoms with Gasteiger partial charge in [0.2, 0.25) is 0 Å². The van der Waals surface area contributed by atoms with Crippen molar-refractivity contribution in [3.63, 3.8) is 0 Å². The van der Waals surface area contributed by atoms with Gasteiger partial charge in [0.05, 0.1) is 17.9 Å². The standard InChI is InChI=1S/C14H19N5O/c1-10-7-12(15-8-13-5-3-11(2)20-13)4-6-14(10)19-9-16-17-18-19/h4,6-7,9,11,13,15H,3,5,8H2,1-2H3. The van der Waals surface area contributed by atoms with Crippen LogP contribution >= 0.6 is 0 Å². The molecular formula is C14H19N5O. The molecule has 0 radical (unpaired) electrons. The highest BCUT2D eigenvalue weighted by molar-refractivity contribution is 5.53. The third-order valence-corrected chi connectivity index (χ3v) is 3.65. The Labute approximate surface area is 118 Å². The Hall–Kier alpha value is -1.95. The van der Waals surface area contributed by atoms with E-state index in [1.165, 1.54) is 0 Å². The fourth-order valence-electron chi connectivity index (χ4n) is 2.56. The first-order valence-corrected chi connectivity index (χ1v) is 6.96. The quantitative estimate of drug-likeness (QED) is 0.922. The smallest absolute Gasteiger partial charge is 0.143 e. The molecule has 0 spiro atoms. The van der Waals surface area contributed by atoms with E-state index in [1.807, 2.05) is 12.1 Å². The SMILES string of the molecule is Cc1cc(NCC2CCC(C)O2)ccc1-n1cnnn1. The van der Waals surface area contributed by atoms with Crippen molar-refractivity contribution in [1.82, 2.24) is 20.2 Å². The molecule has 106 valence electrons. The second-order valence-corrected chi connectivity index (χ2v) is 5.28. The van der Waals surface area contributed by atoms with Gasteiger partial charge in [-0.15, -0.1) is 5.10 Å². The summed E-state index contributed by atoms with van der Waals surface area (Å²) in [6, 6.07) is 6.17. The Morgan fingerprint density at radius 3 is 2.95 bits per heavy atom. The number of tetrazole rings is 1. The van der Waals surface area contributed by atoms with Gasteiger partial charge in [-0.2, -0.15) is 0 Å². The molecule has 2 heterocycles. The predicted octanol–water partition coefficient (Wildman–Crippen LogP) is 1.95. The van der Waals surface area contributed by atoms with Crippen LogP contribution in [-0.4, -0.2) is 39.0 Å². The molecule has 2 aromatic rings. The highest BCUT2D eigenvalue weighted by Gasteiger charge is 2.21. The summed E-state index contributed by atoms with van der Waals surface area (Å²) < 4.78 is 7.47. The van der Waals surface area contributed by atoms with Gasteiger partial charge in [0.1, 0.15) is 6.33 Å². The summed E-state index contributed by atoms with van der Waals surface area (Å²) in [5.74, 6) is 0. The zero-order valence-electron chi connectivity index (χ0n) is 11.8. The van der Waals surface area contributed by atoms with Crippen LogP contribution in [0.15, 0.2) is 24.5 Å². The van der Waals surface area contributed by atoms with E-state index < -0.39 is 0 Å². The summed E-state index contributed by atoms with van der Waals surface area (Å²) >= 11 is 0. The number of ether oxygens (including phenoxy) is 1. The Morgan fingerprint density at radius 2 is 2.30 bits per heavy atom. The van der Waals surface area contributed by atoms with E-state index in [0.717, 1.165) is 36.3 Å². The number of nitrogens with zero attached hydrogens (tertiary/aromatic N) is 4. The minimum Gasteiger partial charge on any atom is -0.382 e. The van der Waals surface area contributed by atoms with E-state index in [0.29, 0.717) is 12.2 Å². The van der Waals surface area contributed by atoms with Crippen molar-refractivity contribution >= 4 is 5.69 Å². The molecule has 1 saturated heterocycles. The van der Waals surface area contributed by atoms with Crippen molar-refractivity contribution in [2.75, 3.05) is 11.9 Å². The zero-order valence-corrected chi connectivity index (χ0v) is 11.8. The largest absolute Gasteiger partial charge is 0.382 e. The molecular weight excluding hydrogens is 254 g/mol. The van der Waals surface area contributed by atoms with E-state index in [9.17, 15) is 0 Å². The minimum atomic E-state index is 0.324. The molecule has 0 bridgehead atoms. The molecule has 2 atom stereocenters. The molecule has 0 amide bonds. The maximum atomic E-state index is 5.80. The highest BCUT2D eigenvalue weighted by Crippen LogP contribution is 2.21. The third-order valence-electron chi connectivity index (χ3n) is 3.65. The first-order valence-electron chi connectivity index (χ1n) is 6.96. The molecule has 2 unspecified atom stereocenters. The van der Waals surface area contributed by atoms with Crippen LogP contribution < -0.4 is 5.32 Å². The van der Waals surface area contributed by atoms with Gasteiger partial charge in [0.25, 0.3) is 0 Å². The number of hydrogen-bond donors (Lipinski definition) is 1. The van der Waals surface area contributed by atoms with Crippen molar-refractivity contribution in [3.8, 4) is 5.69 Å². The van der Waals surface area contributed by atoms with Gasteiger partial charge < -0.3 is 10.1 Å². The number of aryl methyl sites for hydroxylation is 1. The number of anilines is 1. The number of rotatable bonds is 4. The van der Waals surface area contributed by atoms with E-state index in [-0.39, 0.29) is 0 Å². The van der Waals surface area contributed by atoms with Gasteiger partial charge in [-0.1, -0.05) is 0 Å². The lowest BCUT2D eigenvalue weighted by atomic mass is 10.1. The summed E-state index contributed by atoms with van der Waals surface area (Å²) in [5, 5.41) is 14.7. The number of hydrogen-bond acceptors (Lipinski definition) is 5. The molecule has 0 saturated carbocycles. The van der Waals surface area contributed by atoms with Crippen LogP contribution in [0.25, 0.3) is 5.69 Å². The van der Waals surface area contributed by atoms with Gasteiger partial charge in [-0.25, -0.2) is 4.68 Å².